The standard InChI is InChI=1S/C26H31ClN4O3/c1-29(21-10-6-3-7-11-21)25(33)22-13-12-20(18-23(22)27)28-26(34)31-16-14-30(15-17-31)24(32)19-8-4-2-5-9-19/h2,4-5,8-9,12-13,18,21H,3,6-7,10-11,14-17H2,1H3,(H,28,34). The Morgan fingerprint density at radius 3 is 2.21 bits per heavy atom. The molecule has 1 N–H and O–H groups in total. The van der Waals surface area contributed by atoms with E-state index in [0.29, 0.717) is 48.0 Å². The van der Waals surface area contributed by atoms with Gasteiger partial charge in [0.05, 0.1) is 10.6 Å². The fourth-order valence-corrected chi connectivity index (χ4v) is 4.93. The molecule has 1 aliphatic carbocycles. The van der Waals surface area contributed by atoms with Gasteiger partial charge in [-0.1, -0.05) is 49.1 Å². The summed E-state index contributed by atoms with van der Waals surface area (Å²) in [6.07, 6.45) is 5.58. The zero-order valence-corrected chi connectivity index (χ0v) is 20.3. The maximum atomic E-state index is 12.9. The van der Waals surface area contributed by atoms with Gasteiger partial charge in [0.15, 0.2) is 0 Å². The molecule has 7 nitrogen and oxygen atoms in total. The third kappa shape index (κ3) is 5.53. The van der Waals surface area contributed by atoms with Crippen LogP contribution in [0, 0.1) is 0 Å². The van der Waals surface area contributed by atoms with Crippen LogP contribution in [0.1, 0.15) is 52.8 Å². The van der Waals surface area contributed by atoms with Crippen LogP contribution in [0.4, 0.5) is 10.5 Å². The van der Waals surface area contributed by atoms with E-state index < -0.39 is 0 Å². The van der Waals surface area contributed by atoms with Crippen LogP contribution in [0.2, 0.25) is 5.02 Å². The first kappa shape index (κ1) is 24.1. The lowest BCUT2D eigenvalue weighted by molar-refractivity contribution is 0.0670. The van der Waals surface area contributed by atoms with Crippen molar-refractivity contribution in [2.45, 2.75) is 38.1 Å². The topological polar surface area (TPSA) is 73.0 Å². The first-order valence-corrected chi connectivity index (χ1v) is 12.3. The van der Waals surface area contributed by atoms with Crippen molar-refractivity contribution < 1.29 is 14.4 Å². The molecule has 4 amide bonds. The fourth-order valence-electron chi connectivity index (χ4n) is 4.67. The molecule has 4 rings (SSSR count). The average molecular weight is 483 g/mol. The van der Waals surface area contributed by atoms with E-state index in [-0.39, 0.29) is 23.9 Å². The molecule has 0 atom stereocenters. The van der Waals surface area contributed by atoms with E-state index in [0.717, 1.165) is 25.7 Å². The molecular weight excluding hydrogens is 452 g/mol. The maximum Gasteiger partial charge on any atom is 0.321 e. The Kier molecular flexibility index (Phi) is 7.73. The first-order valence-electron chi connectivity index (χ1n) is 11.9. The molecule has 0 bridgehead atoms. The van der Waals surface area contributed by atoms with Gasteiger partial charge in [0.25, 0.3) is 11.8 Å². The van der Waals surface area contributed by atoms with E-state index in [1.807, 2.05) is 25.2 Å². The Morgan fingerprint density at radius 2 is 1.56 bits per heavy atom. The van der Waals surface area contributed by atoms with Crippen molar-refractivity contribution >= 4 is 35.1 Å². The molecule has 180 valence electrons. The molecular formula is C26H31ClN4O3. The van der Waals surface area contributed by atoms with Crippen LogP contribution in [-0.2, 0) is 0 Å². The highest BCUT2D eigenvalue weighted by molar-refractivity contribution is 6.34. The Morgan fingerprint density at radius 1 is 0.912 bits per heavy atom. The van der Waals surface area contributed by atoms with E-state index in [2.05, 4.69) is 5.32 Å². The zero-order valence-electron chi connectivity index (χ0n) is 19.5. The molecule has 0 radical (unpaired) electrons. The number of halogens is 1. The van der Waals surface area contributed by atoms with Crippen molar-refractivity contribution in [3.05, 3.63) is 64.7 Å². The molecule has 2 aliphatic rings. The van der Waals surface area contributed by atoms with Crippen molar-refractivity contribution in [1.29, 1.82) is 0 Å². The number of nitrogens with zero attached hydrogens (tertiary/aromatic N) is 3. The monoisotopic (exact) mass is 482 g/mol. The average Bonchev–Trinajstić information content (AvgIpc) is 2.88. The lowest BCUT2D eigenvalue weighted by Crippen LogP contribution is -2.51. The second kappa shape index (κ2) is 10.9. The molecule has 1 heterocycles. The van der Waals surface area contributed by atoms with Gasteiger partial charge in [0.2, 0.25) is 0 Å². The van der Waals surface area contributed by atoms with Gasteiger partial charge in [-0.15, -0.1) is 0 Å². The molecule has 0 unspecified atom stereocenters. The number of nitrogens with one attached hydrogen (secondary N) is 1. The highest BCUT2D eigenvalue weighted by Gasteiger charge is 2.26. The number of rotatable bonds is 4. The summed E-state index contributed by atoms with van der Waals surface area (Å²) in [7, 11) is 1.84. The number of carbonyl (C=O) groups excluding carboxylic acids is 3. The number of benzene rings is 2. The fraction of sp³-hybridized carbons (Fsp3) is 0.423. The van der Waals surface area contributed by atoms with Gasteiger partial charge in [-0.05, 0) is 43.2 Å². The third-order valence-corrected chi connectivity index (χ3v) is 7.08. The molecule has 1 saturated heterocycles. The van der Waals surface area contributed by atoms with Gasteiger partial charge in [0, 0.05) is 50.5 Å². The summed E-state index contributed by atoms with van der Waals surface area (Å²) < 4.78 is 0. The summed E-state index contributed by atoms with van der Waals surface area (Å²) in [6.45, 7) is 1.84. The molecule has 2 aromatic rings. The lowest BCUT2D eigenvalue weighted by Gasteiger charge is -2.34. The van der Waals surface area contributed by atoms with E-state index >= 15 is 0 Å². The normalized spacial score (nSPS) is 16.8. The smallest absolute Gasteiger partial charge is 0.321 e. The van der Waals surface area contributed by atoms with Crippen LogP contribution in [0.25, 0.3) is 0 Å². The summed E-state index contributed by atoms with van der Waals surface area (Å²) in [4.78, 5) is 43.5. The SMILES string of the molecule is CN(C(=O)c1ccc(NC(=O)N2CCN(C(=O)c3ccccc3)CC2)cc1Cl)C1CCCCC1. The minimum Gasteiger partial charge on any atom is -0.339 e. The summed E-state index contributed by atoms with van der Waals surface area (Å²) in [5.74, 6) is -0.111. The van der Waals surface area contributed by atoms with Crippen LogP contribution < -0.4 is 5.32 Å². The van der Waals surface area contributed by atoms with Gasteiger partial charge in [-0.3, -0.25) is 9.59 Å². The zero-order chi connectivity index (χ0) is 24.1. The van der Waals surface area contributed by atoms with Crippen LogP contribution in [-0.4, -0.2) is 71.8 Å². The van der Waals surface area contributed by atoms with Crippen molar-refractivity contribution in [3.63, 3.8) is 0 Å². The van der Waals surface area contributed by atoms with Crippen molar-refractivity contribution in [3.8, 4) is 0 Å². The van der Waals surface area contributed by atoms with Crippen LogP contribution in [0.15, 0.2) is 48.5 Å². The molecule has 2 aromatic carbocycles. The number of hydrogen-bond acceptors (Lipinski definition) is 3. The molecule has 34 heavy (non-hydrogen) atoms. The summed E-state index contributed by atoms with van der Waals surface area (Å²) >= 11 is 6.43. The highest BCUT2D eigenvalue weighted by Crippen LogP contribution is 2.27. The number of hydrogen-bond donors (Lipinski definition) is 1. The molecule has 2 fully saturated rings. The Hall–Kier alpha value is -3.06. The van der Waals surface area contributed by atoms with Gasteiger partial charge in [0.1, 0.15) is 0 Å². The van der Waals surface area contributed by atoms with Gasteiger partial charge in [-0.25, -0.2) is 4.79 Å². The number of urea groups is 1. The summed E-state index contributed by atoms with van der Waals surface area (Å²) in [6, 6.07) is 14.2. The molecule has 8 heteroatoms. The largest absolute Gasteiger partial charge is 0.339 e. The van der Waals surface area contributed by atoms with Gasteiger partial charge >= 0.3 is 6.03 Å². The van der Waals surface area contributed by atoms with Crippen LogP contribution in [0.3, 0.4) is 0 Å². The van der Waals surface area contributed by atoms with Gasteiger partial charge < -0.3 is 20.0 Å². The Balaban J connectivity index is 1.31. The van der Waals surface area contributed by atoms with Crippen molar-refractivity contribution in [2.24, 2.45) is 0 Å². The van der Waals surface area contributed by atoms with Crippen molar-refractivity contribution in [2.75, 3.05) is 38.5 Å². The lowest BCUT2D eigenvalue weighted by atomic mass is 9.94. The predicted octanol–water partition coefficient (Wildman–Crippen LogP) is 4.73. The van der Waals surface area contributed by atoms with Crippen LogP contribution >= 0.6 is 11.6 Å². The quantitative estimate of drug-likeness (QED) is 0.684. The Labute approximate surface area is 205 Å². The summed E-state index contributed by atoms with van der Waals surface area (Å²) in [5, 5.41) is 3.18. The molecule has 0 spiro atoms. The molecule has 0 aromatic heterocycles. The predicted molar refractivity (Wildman–Crippen MR) is 133 cm³/mol. The number of amides is 4. The minimum absolute atomic E-state index is 0.0223. The van der Waals surface area contributed by atoms with E-state index in [1.165, 1.54) is 6.42 Å². The molecule has 1 aliphatic heterocycles. The second-order valence-electron chi connectivity index (χ2n) is 8.98. The van der Waals surface area contributed by atoms with Crippen LogP contribution in [0.5, 0.6) is 0 Å². The van der Waals surface area contributed by atoms with E-state index in [1.54, 1.807) is 45.0 Å². The van der Waals surface area contributed by atoms with E-state index in [4.69, 9.17) is 11.6 Å². The highest BCUT2D eigenvalue weighted by atomic mass is 35.5. The van der Waals surface area contributed by atoms with Crippen molar-refractivity contribution in [1.82, 2.24) is 14.7 Å². The summed E-state index contributed by atoms with van der Waals surface area (Å²) in [5.41, 5.74) is 1.63. The molecule has 1 saturated carbocycles. The minimum atomic E-state index is -0.249. The number of carbonyl (C=O) groups is 3. The second-order valence-corrected chi connectivity index (χ2v) is 9.39. The third-order valence-electron chi connectivity index (χ3n) is 6.77. The number of piperazine rings is 1. The van der Waals surface area contributed by atoms with E-state index in [9.17, 15) is 14.4 Å². The first-order chi connectivity index (χ1) is 16.4. The maximum absolute atomic E-state index is 12.9. The number of anilines is 1. The van der Waals surface area contributed by atoms with Gasteiger partial charge in [-0.2, -0.15) is 0 Å². The Bertz CT molecular complexity index is 1030.